The van der Waals surface area contributed by atoms with Gasteiger partial charge in [-0.1, -0.05) is 18.2 Å². The van der Waals surface area contributed by atoms with E-state index in [1.807, 2.05) is 35.2 Å². The first-order chi connectivity index (χ1) is 9.78. The first-order valence-electron chi connectivity index (χ1n) is 6.79. The van der Waals surface area contributed by atoms with Crippen molar-refractivity contribution in [3.63, 3.8) is 0 Å². The molecule has 0 saturated heterocycles. The van der Waals surface area contributed by atoms with Crippen LogP contribution >= 0.6 is 23.7 Å². The topological polar surface area (TPSA) is 59.2 Å². The third-order valence-corrected chi connectivity index (χ3v) is 4.27. The minimum atomic E-state index is -0.0287. The van der Waals surface area contributed by atoms with Crippen LogP contribution in [0.25, 0.3) is 0 Å². The number of rotatable bonds is 5. The fraction of sp³-hybridized carbons (Fsp3) is 0.333. The van der Waals surface area contributed by atoms with Crippen LogP contribution in [0.1, 0.15) is 28.3 Å². The highest BCUT2D eigenvalue weighted by atomic mass is 35.5. The van der Waals surface area contributed by atoms with E-state index in [1.54, 1.807) is 5.38 Å². The van der Waals surface area contributed by atoms with Gasteiger partial charge in [-0.15, -0.1) is 23.7 Å². The van der Waals surface area contributed by atoms with Gasteiger partial charge in [0, 0.05) is 24.2 Å². The van der Waals surface area contributed by atoms with Crippen molar-refractivity contribution in [2.45, 2.75) is 19.4 Å². The summed E-state index contributed by atoms with van der Waals surface area (Å²) in [6.07, 6.45) is 2.42. The van der Waals surface area contributed by atoms with Crippen molar-refractivity contribution in [1.82, 2.24) is 4.98 Å². The SMILES string of the molecule is Cl.NCc1nc(C(=O)N(CC2CC2)c2ccccc2)cs1. The van der Waals surface area contributed by atoms with E-state index in [0.717, 1.165) is 17.2 Å². The normalized spacial score (nSPS) is 13.6. The Labute approximate surface area is 134 Å². The molecule has 6 heteroatoms. The summed E-state index contributed by atoms with van der Waals surface area (Å²) < 4.78 is 0. The molecule has 112 valence electrons. The number of thiazole rings is 1. The van der Waals surface area contributed by atoms with E-state index >= 15 is 0 Å². The van der Waals surface area contributed by atoms with Gasteiger partial charge in [0.2, 0.25) is 0 Å². The molecule has 2 N–H and O–H groups in total. The number of anilines is 1. The second-order valence-corrected chi connectivity index (χ2v) is 5.97. The van der Waals surface area contributed by atoms with Crippen LogP contribution in [0.2, 0.25) is 0 Å². The Balaban J connectivity index is 0.00000161. The van der Waals surface area contributed by atoms with Gasteiger partial charge in [-0.25, -0.2) is 4.98 Å². The lowest BCUT2D eigenvalue weighted by molar-refractivity contribution is 0.0981. The van der Waals surface area contributed by atoms with E-state index in [1.165, 1.54) is 24.2 Å². The quantitative estimate of drug-likeness (QED) is 0.920. The first-order valence-corrected chi connectivity index (χ1v) is 7.67. The monoisotopic (exact) mass is 323 g/mol. The number of halogens is 1. The van der Waals surface area contributed by atoms with Gasteiger partial charge in [0.25, 0.3) is 5.91 Å². The fourth-order valence-electron chi connectivity index (χ4n) is 2.11. The number of carbonyl (C=O) groups excluding carboxylic acids is 1. The molecule has 3 rings (SSSR count). The number of carbonyl (C=O) groups is 1. The number of hydrogen-bond donors (Lipinski definition) is 1. The smallest absolute Gasteiger partial charge is 0.277 e. The van der Waals surface area contributed by atoms with E-state index in [2.05, 4.69) is 4.98 Å². The molecule has 0 radical (unpaired) electrons. The Hall–Kier alpha value is -1.43. The minimum absolute atomic E-state index is 0. The lowest BCUT2D eigenvalue weighted by Gasteiger charge is -2.21. The molecule has 1 fully saturated rings. The van der Waals surface area contributed by atoms with Crippen LogP contribution in [0.15, 0.2) is 35.7 Å². The highest BCUT2D eigenvalue weighted by molar-refractivity contribution is 7.09. The predicted octanol–water partition coefficient (Wildman–Crippen LogP) is 3.08. The van der Waals surface area contributed by atoms with Gasteiger partial charge < -0.3 is 10.6 Å². The van der Waals surface area contributed by atoms with Gasteiger partial charge in [-0.3, -0.25) is 4.79 Å². The molecule has 21 heavy (non-hydrogen) atoms. The van der Waals surface area contributed by atoms with E-state index in [0.29, 0.717) is 18.2 Å². The Morgan fingerprint density at radius 3 is 2.62 bits per heavy atom. The molecule has 1 aromatic carbocycles. The van der Waals surface area contributed by atoms with Crippen LogP contribution < -0.4 is 10.6 Å². The summed E-state index contributed by atoms with van der Waals surface area (Å²) in [6.45, 7) is 1.16. The lowest BCUT2D eigenvalue weighted by Crippen LogP contribution is -2.33. The summed E-state index contributed by atoms with van der Waals surface area (Å²) in [5, 5.41) is 2.60. The molecular formula is C15H18ClN3OS. The number of hydrogen-bond acceptors (Lipinski definition) is 4. The largest absolute Gasteiger partial charge is 0.325 e. The molecule has 1 heterocycles. The third kappa shape index (κ3) is 3.81. The molecule has 0 unspecified atom stereocenters. The average Bonchev–Trinajstić information content (AvgIpc) is 3.19. The van der Waals surface area contributed by atoms with Gasteiger partial charge in [-0.05, 0) is 30.9 Å². The van der Waals surface area contributed by atoms with Gasteiger partial charge >= 0.3 is 0 Å². The zero-order valence-electron chi connectivity index (χ0n) is 11.6. The Kier molecular flexibility index (Phi) is 5.33. The molecule has 0 spiro atoms. The van der Waals surface area contributed by atoms with Crippen LogP contribution in [-0.2, 0) is 6.54 Å². The predicted molar refractivity (Wildman–Crippen MR) is 88.1 cm³/mol. The summed E-state index contributed by atoms with van der Waals surface area (Å²) >= 11 is 1.44. The van der Waals surface area contributed by atoms with Crippen molar-refractivity contribution >= 4 is 35.3 Å². The zero-order valence-corrected chi connectivity index (χ0v) is 13.2. The number of nitrogens with two attached hydrogens (primary N) is 1. The summed E-state index contributed by atoms with van der Waals surface area (Å²) in [5.74, 6) is 0.603. The second kappa shape index (κ2) is 7.02. The molecule has 4 nitrogen and oxygen atoms in total. The highest BCUT2D eigenvalue weighted by Gasteiger charge is 2.29. The van der Waals surface area contributed by atoms with Crippen LogP contribution in [0.5, 0.6) is 0 Å². The molecular weight excluding hydrogens is 306 g/mol. The highest BCUT2D eigenvalue weighted by Crippen LogP contribution is 2.32. The molecule has 1 aliphatic carbocycles. The van der Waals surface area contributed by atoms with Crippen LogP contribution in [0, 0.1) is 5.92 Å². The summed E-state index contributed by atoms with van der Waals surface area (Å²) in [4.78, 5) is 18.8. The van der Waals surface area contributed by atoms with Gasteiger partial charge in [0.15, 0.2) is 0 Å². The number of amides is 1. The van der Waals surface area contributed by atoms with Crippen LogP contribution in [0.4, 0.5) is 5.69 Å². The molecule has 1 amide bonds. The number of aromatic nitrogens is 1. The van der Waals surface area contributed by atoms with E-state index in [4.69, 9.17) is 5.73 Å². The number of benzene rings is 1. The first kappa shape index (κ1) is 15.9. The maximum atomic E-state index is 12.7. The van der Waals surface area contributed by atoms with Crippen molar-refractivity contribution in [2.75, 3.05) is 11.4 Å². The van der Waals surface area contributed by atoms with Crippen molar-refractivity contribution in [1.29, 1.82) is 0 Å². The van der Waals surface area contributed by atoms with Gasteiger partial charge in [-0.2, -0.15) is 0 Å². The summed E-state index contributed by atoms with van der Waals surface area (Å²) in [7, 11) is 0. The molecule has 0 bridgehead atoms. The Morgan fingerprint density at radius 2 is 2.05 bits per heavy atom. The van der Waals surface area contributed by atoms with Gasteiger partial charge in [0.05, 0.1) is 0 Å². The van der Waals surface area contributed by atoms with Crippen molar-refractivity contribution < 1.29 is 4.79 Å². The fourth-order valence-corrected chi connectivity index (χ4v) is 2.76. The van der Waals surface area contributed by atoms with Crippen molar-refractivity contribution in [3.8, 4) is 0 Å². The van der Waals surface area contributed by atoms with E-state index in [9.17, 15) is 4.79 Å². The lowest BCUT2D eigenvalue weighted by atomic mass is 10.2. The summed E-state index contributed by atoms with van der Waals surface area (Å²) in [6, 6.07) is 9.80. The Bertz CT molecular complexity index is 598. The van der Waals surface area contributed by atoms with E-state index < -0.39 is 0 Å². The molecule has 1 saturated carbocycles. The molecule has 0 aliphatic heterocycles. The number of para-hydroxylation sites is 1. The maximum Gasteiger partial charge on any atom is 0.277 e. The third-order valence-electron chi connectivity index (χ3n) is 3.40. The maximum absolute atomic E-state index is 12.7. The van der Waals surface area contributed by atoms with E-state index in [-0.39, 0.29) is 18.3 Å². The van der Waals surface area contributed by atoms with Gasteiger partial charge in [0.1, 0.15) is 10.7 Å². The Morgan fingerprint density at radius 1 is 1.33 bits per heavy atom. The molecule has 0 atom stereocenters. The van der Waals surface area contributed by atoms with Crippen molar-refractivity contribution in [2.24, 2.45) is 11.7 Å². The molecule has 2 aromatic rings. The van der Waals surface area contributed by atoms with Crippen LogP contribution in [0.3, 0.4) is 0 Å². The minimum Gasteiger partial charge on any atom is -0.325 e. The standard InChI is InChI=1S/C15H17N3OS.ClH/c16-8-14-17-13(10-20-14)15(19)18(9-11-6-7-11)12-4-2-1-3-5-12;/h1-5,10-11H,6-9,16H2;1H. The number of nitrogens with zero attached hydrogens (tertiary/aromatic N) is 2. The molecule has 1 aliphatic rings. The van der Waals surface area contributed by atoms with Crippen molar-refractivity contribution in [3.05, 3.63) is 46.4 Å². The van der Waals surface area contributed by atoms with Crippen LogP contribution in [-0.4, -0.2) is 17.4 Å². The molecule has 1 aromatic heterocycles. The zero-order chi connectivity index (χ0) is 13.9. The summed E-state index contributed by atoms with van der Waals surface area (Å²) in [5.41, 5.74) is 7.00. The average molecular weight is 324 g/mol. The second-order valence-electron chi connectivity index (χ2n) is 5.03.